The van der Waals surface area contributed by atoms with Gasteiger partial charge in [0.05, 0.1) is 12.5 Å². The number of carbonyl (C=O) groups is 2. The molecule has 2 N–H and O–H groups in total. The molecule has 1 unspecified atom stereocenters. The summed E-state index contributed by atoms with van der Waals surface area (Å²) in [5, 5.41) is 13.4. The van der Waals surface area contributed by atoms with Crippen LogP contribution in [0, 0.1) is 11.3 Å². The zero-order valence-corrected chi connectivity index (χ0v) is 18.5. The maximum Gasteiger partial charge on any atom is 0.242 e. The van der Waals surface area contributed by atoms with Crippen LogP contribution in [0.15, 0.2) is 42.5 Å². The number of amides is 2. The van der Waals surface area contributed by atoms with Crippen LogP contribution in [0.4, 0.5) is 0 Å². The van der Waals surface area contributed by atoms with Crippen molar-refractivity contribution < 1.29 is 9.59 Å². The second kappa shape index (κ2) is 12.0. The van der Waals surface area contributed by atoms with Crippen LogP contribution in [0.3, 0.4) is 0 Å². The molecule has 30 heavy (non-hydrogen) atoms. The third-order valence-electron chi connectivity index (χ3n) is 4.97. The number of benzene rings is 2. The fourth-order valence-electron chi connectivity index (χ4n) is 3.16. The zero-order chi connectivity index (χ0) is 21.9. The summed E-state index contributed by atoms with van der Waals surface area (Å²) in [4.78, 5) is 20.3. The lowest BCUT2D eigenvalue weighted by Crippen LogP contribution is -2.39. The second-order valence-electron chi connectivity index (χ2n) is 6.93. The summed E-state index contributed by atoms with van der Waals surface area (Å²) in [6.45, 7) is 3.77. The molecule has 0 bridgehead atoms. The number of fused-ring (bicyclic) bond motifs is 1. The van der Waals surface area contributed by atoms with Gasteiger partial charge in [-0.25, -0.2) is 4.31 Å². The van der Waals surface area contributed by atoms with Crippen molar-refractivity contribution in [1.29, 1.82) is 5.26 Å². The minimum Gasteiger partial charge on any atom is -0.357 e. The Kier molecular flexibility index (Phi) is 9.39. The molecule has 6 nitrogen and oxygen atoms in total. The predicted octanol–water partition coefficient (Wildman–Crippen LogP) is 2.92. The number of carbonyl (C=O) groups excluding carboxylic acids is 2. The van der Waals surface area contributed by atoms with Crippen LogP contribution >= 0.6 is 11.9 Å². The van der Waals surface area contributed by atoms with E-state index in [2.05, 4.69) is 57.6 Å². The van der Waals surface area contributed by atoms with E-state index in [1.165, 1.54) is 29.3 Å². The Morgan fingerprint density at radius 3 is 2.53 bits per heavy atom. The van der Waals surface area contributed by atoms with Gasteiger partial charge in [0.1, 0.15) is 6.04 Å². The molecular formula is C23H28N4O2S. The molecule has 0 fully saturated rings. The van der Waals surface area contributed by atoms with Crippen molar-refractivity contribution in [1.82, 2.24) is 14.9 Å². The molecule has 0 radical (unpaired) electrons. The van der Waals surface area contributed by atoms with Gasteiger partial charge < -0.3 is 10.6 Å². The smallest absolute Gasteiger partial charge is 0.242 e. The summed E-state index contributed by atoms with van der Waals surface area (Å²) < 4.78 is 2.40. The van der Waals surface area contributed by atoms with Crippen LogP contribution in [0.25, 0.3) is 11.1 Å². The molecule has 2 aromatic rings. The van der Waals surface area contributed by atoms with E-state index in [-0.39, 0.29) is 5.91 Å². The first-order valence-electron chi connectivity index (χ1n) is 9.80. The first-order valence-corrected chi connectivity index (χ1v) is 11.0. The molecule has 1 heterocycles. The highest BCUT2D eigenvalue weighted by atomic mass is 32.2. The number of nitriles is 1. The molecule has 1 aliphatic rings. The molecular weight excluding hydrogens is 396 g/mol. The van der Waals surface area contributed by atoms with E-state index in [4.69, 9.17) is 5.26 Å². The summed E-state index contributed by atoms with van der Waals surface area (Å²) >= 11 is 1.82. The van der Waals surface area contributed by atoms with Crippen LogP contribution in [-0.4, -0.2) is 42.5 Å². The first kappa shape index (κ1) is 23.5. The number of hydrogen-bond donors (Lipinski definition) is 2. The summed E-state index contributed by atoms with van der Waals surface area (Å²) in [6.07, 6.45) is 4.24. The van der Waals surface area contributed by atoms with Crippen LogP contribution < -0.4 is 10.6 Å². The van der Waals surface area contributed by atoms with E-state index in [9.17, 15) is 9.59 Å². The highest BCUT2D eigenvalue weighted by molar-refractivity contribution is 7.96. The molecule has 1 atom stereocenters. The molecule has 0 aliphatic carbocycles. The van der Waals surface area contributed by atoms with Crippen molar-refractivity contribution in [2.75, 3.05) is 19.8 Å². The monoisotopic (exact) mass is 424 g/mol. The van der Waals surface area contributed by atoms with E-state index in [0.29, 0.717) is 12.8 Å². The van der Waals surface area contributed by atoms with Crippen molar-refractivity contribution >= 4 is 24.3 Å². The van der Waals surface area contributed by atoms with E-state index in [0.717, 1.165) is 25.1 Å². The Bertz CT molecular complexity index is 893. The summed E-state index contributed by atoms with van der Waals surface area (Å²) in [5.74, 6) is -0.192. The van der Waals surface area contributed by atoms with Gasteiger partial charge in [-0.1, -0.05) is 54.4 Å². The van der Waals surface area contributed by atoms with Crippen LogP contribution in [0.2, 0.25) is 0 Å². The van der Waals surface area contributed by atoms with Gasteiger partial charge in [-0.3, -0.25) is 9.59 Å². The van der Waals surface area contributed by atoms with Crippen molar-refractivity contribution in [3.8, 4) is 17.2 Å². The molecule has 1 aliphatic heterocycles. The second-order valence-corrected chi connectivity index (χ2v) is 7.81. The number of rotatable bonds is 6. The van der Waals surface area contributed by atoms with Gasteiger partial charge >= 0.3 is 0 Å². The highest BCUT2D eigenvalue weighted by Crippen LogP contribution is 2.28. The molecule has 0 spiro atoms. The lowest BCUT2D eigenvalue weighted by Gasteiger charge is -2.26. The van der Waals surface area contributed by atoms with Crippen molar-refractivity contribution in [3.63, 3.8) is 0 Å². The third-order valence-corrected chi connectivity index (χ3v) is 5.80. The van der Waals surface area contributed by atoms with Gasteiger partial charge in [0.25, 0.3) is 0 Å². The number of nitrogens with zero attached hydrogens (tertiary/aromatic N) is 2. The number of nitrogens with one attached hydrogen (secondary N) is 2. The minimum absolute atomic E-state index is 0.192. The van der Waals surface area contributed by atoms with Gasteiger partial charge in [-0.15, -0.1) is 0 Å². The number of likely N-dealkylation sites (N-methyl/N-ethyl adjacent to an activating group) is 1. The Morgan fingerprint density at radius 2 is 1.93 bits per heavy atom. The summed E-state index contributed by atoms with van der Waals surface area (Å²) in [7, 11) is 1.52. The van der Waals surface area contributed by atoms with Crippen LogP contribution in [-0.2, 0) is 29.0 Å². The van der Waals surface area contributed by atoms with Gasteiger partial charge in [0.2, 0.25) is 12.3 Å². The fourth-order valence-corrected chi connectivity index (χ4v) is 3.71. The van der Waals surface area contributed by atoms with Gasteiger partial charge in [0, 0.05) is 20.1 Å². The largest absolute Gasteiger partial charge is 0.357 e. The Labute approximate surface area is 182 Å². The first-order chi connectivity index (χ1) is 14.5. The molecule has 2 aromatic carbocycles. The molecule has 0 aromatic heterocycles. The van der Waals surface area contributed by atoms with E-state index in [1.54, 1.807) is 6.92 Å². The van der Waals surface area contributed by atoms with Crippen LogP contribution in [0.5, 0.6) is 0 Å². The maximum absolute atomic E-state index is 10.6. The molecule has 3 rings (SSSR count). The van der Waals surface area contributed by atoms with E-state index >= 15 is 0 Å². The SMILES string of the molecule is CNC(=O)C(C)NC=O.CSN1CCc2cc(-c3ccc(CC#N)cc3)ccc2C1. The van der Waals surface area contributed by atoms with Crippen LogP contribution in [0.1, 0.15) is 23.6 Å². The van der Waals surface area contributed by atoms with Crippen molar-refractivity contribution in [2.45, 2.75) is 32.4 Å². The average Bonchev–Trinajstić information content (AvgIpc) is 2.79. The average molecular weight is 425 g/mol. The van der Waals surface area contributed by atoms with Crippen molar-refractivity contribution in [2.24, 2.45) is 0 Å². The van der Waals surface area contributed by atoms with Gasteiger partial charge in [-0.2, -0.15) is 5.26 Å². The lowest BCUT2D eigenvalue weighted by molar-refractivity contribution is -0.124. The summed E-state index contributed by atoms with van der Waals surface area (Å²) in [5.41, 5.74) is 6.50. The molecule has 0 saturated heterocycles. The fraction of sp³-hybridized carbons (Fsp3) is 0.348. The number of hydrogen-bond acceptors (Lipinski definition) is 5. The van der Waals surface area contributed by atoms with Gasteiger partial charge in [-0.05, 0) is 47.4 Å². The molecule has 2 amide bonds. The Balaban J connectivity index is 0.000000303. The van der Waals surface area contributed by atoms with E-state index in [1.807, 2.05) is 24.1 Å². The van der Waals surface area contributed by atoms with E-state index < -0.39 is 6.04 Å². The minimum atomic E-state index is -0.438. The summed E-state index contributed by atoms with van der Waals surface area (Å²) in [6, 6.07) is 16.9. The van der Waals surface area contributed by atoms with Gasteiger partial charge in [0.15, 0.2) is 0 Å². The maximum atomic E-state index is 10.6. The quantitative estimate of drug-likeness (QED) is 0.550. The lowest BCUT2D eigenvalue weighted by atomic mass is 9.95. The Morgan fingerprint density at radius 1 is 1.23 bits per heavy atom. The molecule has 7 heteroatoms. The molecule has 0 saturated carbocycles. The standard InChI is InChI=1S/C18H18N2S.C5H10N2O2/c1-21-20-11-9-17-12-16(6-7-18(17)13-20)15-4-2-14(3-5-15)8-10-19;1-4(7-3-8)5(9)6-2/h2-7,12H,8-9,11,13H2,1H3;3-4H,1-2H3,(H,6,9)(H,7,8). The van der Waals surface area contributed by atoms with Crippen molar-refractivity contribution in [3.05, 3.63) is 59.2 Å². The topological polar surface area (TPSA) is 85.2 Å². The highest BCUT2D eigenvalue weighted by Gasteiger charge is 2.15. The molecule has 158 valence electrons. The zero-order valence-electron chi connectivity index (χ0n) is 17.6. The third kappa shape index (κ3) is 6.61. The Hall–Kier alpha value is -2.82. The predicted molar refractivity (Wildman–Crippen MR) is 122 cm³/mol. The normalized spacial score (nSPS) is 13.7.